The van der Waals surface area contributed by atoms with Crippen molar-refractivity contribution in [2.75, 3.05) is 6.54 Å². The molecule has 1 saturated carbocycles. The quantitative estimate of drug-likeness (QED) is 0.602. The molecule has 10 heteroatoms. The third-order valence-corrected chi connectivity index (χ3v) is 9.00. The predicted molar refractivity (Wildman–Crippen MR) is 118 cm³/mol. The lowest BCUT2D eigenvalue weighted by molar-refractivity contribution is -0.137. The van der Waals surface area contributed by atoms with Crippen molar-refractivity contribution in [3.8, 4) is 0 Å². The number of rotatable bonds is 5. The van der Waals surface area contributed by atoms with Crippen LogP contribution in [0.4, 0.5) is 17.6 Å². The zero-order chi connectivity index (χ0) is 24.6. The van der Waals surface area contributed by atoms with Gasteiger partial charge in [0.05, 0.1) is 16.5 Å². The smallest absolute Gasteiger partial charge is 0.352 e. The van der Waals surface area contributed by atoms with E-state index in [1.807, 2.05) is 30.3 Å². The van der Waals surface area contributed by atoms with Crippen molar-refractivity contribution in [2.45, 2.75) is 66.2 Å². The van der Waals surface area contributed by atoms with Gasteiger partial charge in [-0.15, -0.1) is 0 Å². The maximum absolute atomic E-state index is 15.5. The number of amides is 1. The van der Waals surface area contributed by atoms with Gasteiger partial charge >= 0.3 is 6.18 Å². The van der Waals surface area contributed by atoms with E-state index < -0.39 is 56.4 Å². The average Bonchev–Trinajstić information content (AvgIpc) is 3.31. The van der Waals surface area contributed by atoms with Crippen molar-refractivity contribution in [1.82, 2.24) is 10.6 Å². The maximum atomic E-state index is 15.5. The van der Waals surface area contributed by atoms with Gasteiger partial charge in [0.15, 0.2) is 0 Å². The van der Waals surface area contributed by atoms with E-state index in [9.17, 15) is 26.4 Å². The Bertz CT molecular complexity index is 1130. The Kier molecular flexibility index (Phi) is 6.74. The van der Waals surface area contributed by atoms with Crippen LogP contribution in [0.1, 0.15) is 49.1 Å². The molecular formula is C24H26F4N2O3S. The largest absolute Gasteiger partial charge is 0.416 e. The molecule has 0 bridgehead atoms. The van der Waals surface area contributed by atoms with E-state index in [1.54, 1.807) is 0 Å². The van der Waals surface area contributed by atoms with Gasteiger partial charge < -0.3 is 10.6 Å². The summed E-state index contributed by atoms with van der Waals surface area (Å²) in [7, 11) is -4.64. The van der Waals surface area contributed by atoms with Gasteiger partial charge in [-0.05, 0) is 61.8 Å². The molecule has 0 unspecified atom stereocenters. The molecule has 1 amide bonds. The first-order chi connectivity index (χ1) is 16.0. The van der Waals surface area contributed by atoms with Crippen LogP contribution in [0.5, 0.6) is 0 Å². The summed E-state index contributed by atoms with van der Waals surface area (Å²) in [6.45, 7) is 0.662. The third-order valence-electron chi connectivity index (χ3n) is 6.75. The summed E-state index contributed by atoms with van der Waals surface area (Å²) in [5.74, 6) is -0.00470. The second-order valence-electron chi connectivity index (χ2n) is 9.00. The molecule has 2 atom stereocenters. The topological polar surface area (TPSA) is 75.3 Å². The number of carbonyl (C=O) groups is 1. The fourth-order valence-electron chi connectivity index (χ4n) is 4.73. The van der Waals surface area contributed by atoms with Crippen molar-refractivity contribution < 1.29 is 30.8 Å². The summed E-state index contributed by atoms with van der Waals surface area (Å²) < 4.78 is 80.2. The number of sulfone groups is 1. The number of alkyl halides is 4. The molecule has 184 valence electrons. The van der Waals surface area contributed by atoms with Crippen molar-refractivity contribution >= 4 is 15.7 Å². The molecule has 1 aliphatic heterocycles. The van der Waals surface area contributed by atoms with Gasteiger partial charge in [0, 0.05) is 12.6 Å². The van der Waals surface area contributed by atoms with Crippen LogP contribution in [0.3, 0.4) is 0 Å². The minimum atomic E-state index is -4.73. The highest BCUT2D eigenvalue weighted by atomic mass is 32.2. The number of hydrogen-bond donors (Lipinski definition) is 2. The molecular weight excluding hydrogens is 472 g/mol. The summed E-state index contributed by atoms with van der Waals surface area (Å²) in [6.07, 6.45) is -4.75. The molecule has 5 nitrogen and oxygen atoms in total. The highest BCUT2D eigenvalue weighted by Crippen LogP contribution is 2.41. The number of benzene rings is 2. The first-order valence-corrected chi connectivity index (χ1v) is 12.7. The Morgan fingerprint density at radius 2 is 1.71 bits per heavy atom. The zero-order valence-corrected chi connectivity index (χ0v) is 19.1. The Morgan fingerprint density at radius 1 is 1.03 bits per heavy atom. The van der Waals surface area contributed by atoms with Crippen LogP contribution in [-0.2, 0) is 20.8 Å². The van der Waals surface area contributed by atoms with Gasteiger partial charge in [-0.1, -0.05) is 36.4 Å². The Balaban J connectivity index is 1.36. The van der Waals surface area contributed by atoms with Crippen molar-refractivity contribution in [2.24, 2.45) is 0 Å². The van der Waals surface area contributed by atoms with Crippen LogP contribution in [0.15, 0.2) is 59.5 Å². The first kappa shape index (κ1) is 24.7. The van der Waals surface area contributed by atoms with E-state index in [0.29, 0.717) is 19.0 Å². The minimum absolute atomic E-state index is 0.0786. The van der Waals surface area contributed by atoms with Crippen LogP contribution in [0.2, 0.25) is 0 Å². The summed E-state index contributed by atoms with van der Waals surface area (Å²) in [5.41, 5.74) is 0.000901. The first-order valence-electron chi connectivity index (χ1n) is 11.2. The molecule has 1 aliphatic carbocycles. The SMILES string of the molecule is O=C(NC1CCC(F)(S(=O)(=O)c2cccc(C(F)(F)F)c2)CC1)[C@@H]1C[C@H](c2ccccc2)CN1. The summed E-state index contributed by atoms with van der Waals surface area (Å²) >= 11 is 0. The van der Waals surface area contributed by atoms with Crippen LogP contribution in [0.25, 0.3) is 0 Å². The van der Waals surface area contributed by atoms with Gasteiger partial charge in [-0.25, -0.2) is 12.8 Å². The molecule has 2 N–H and O–H groups in total. The Hall–Kier alpha value is -2.46. The molecule has 4 rings (SSSR count). The lowest BCUT2D eigenvalue weighted by Gasteiger charge is -2.34. The van der Waals surface area contributed by atoms with E-state index in [1.165, 1.54) is 0 Å². The van der Waals surface area contributed by atoms with Crippen LogP contribution in [-0.4, -0.2) is 38.0 Å². The number of nitrogens with one attached hydrogen (secondary N) is 2. The number of halogens is 4. The lowest BCUT2D eigenvalue weighted by atomic mass is 9.92. The van der Waals surface area contributed by atoms with E-state index in [4.69, 9.17) is 0 Å². The molecule has 2 aliphatic rings. The molecule has 2 fully saturated rings. The van der Waals surface area contributed by atoms with Crippen LogP contribution < -0.4 is 10.6 Å². The van der Waals surface area contributed by atoms with Crippen molar-refractivity contribution in [1.29, 1.82) is 0 Å². The normalized spacial score (nSPS) is 27.9. The van der Waals surface area contributed by atoms with E-state index in [-0.39, 0.29) is 24.7 Å². The molecule has 1 heterocycles. The lowest BCUT2D eigenvalue weighted by Crippen LogP contribution is -2.49. The molecule has 0 spiro atoms. The van der Waals surface area contributed by atoms with Crippen molar-refractivity contribution in [3.05, 3.63) is 65.7 Å². The molecule has 2 aromatic carbocycles. The number of carbonyl (C=O) groups excluding carboxylic acids is 1. The van der Waals surface area contributed by atoms with Crippen LogP contribution in [0, 0.1) is 0 Å². The number of hydrogen-bond acceptors (Lipinski definition) is 4. The standard InChI is InChI=1S/C24H26F4N2O3S/c25-23(34(32,33)20-8-4-7-18(14-20)24(26,27)28)11-9-19(10-12-23)30-22(31)21-13-17(15-29-21)16-5-2-1-3-6-16/h1-8,14,17,19,21,29H,9-13,15H2,(H,30,31)/t17-,19?,21-,23?/m0/s1. The van der Waals surface area contributed by atoms with Crippen molar-refractivity contribution in [3.63, 3.8) is 0 Å². The summed E-state index contributed by atoms with van der Waals surface area (Å²) in [6, 6.07) is 12.2. The fraction of sp³-hybridized carbons (Fsp3) is 0.458. The highest BCUT2D eigenvalue weighted by molar-refractivity contribution is 7.92. The molecule has 2 aromatic rings. The zero-order valence-electron chi connectivity index (χ0n) is 18.3. The van der Waals surface area contributed by atoms with Gasteiger partial charge in [-0.3, -0.25) is 4.79 Å². The van der Waals surface area contributed by atoms with E-state index in [0.717, 1.165) is 23.8 Å². The monoisotopic (exact) mass is 498 g/mol. The Morgan fingerprint density at radius 3 is 2.35 bits per heavy atom. The molecule has 1 saturated heterocycles. The molecule has 0 radical (unpaired) electrons. The van der Waals surface area contributed by atoms with E-state index in [2.05, 4.69) is 10.6 Å². The van der Waals surface area contributed by atoms with Gasteiger partial charge in [0.2, 0.25) is 20.7 Å². The fourth-order valence-corrected chi connectivity index (χ4v) is 6.46. The second kappa shape index (κ2) is 9.30. The van der Waals surface area contributed by atoms with Gasteiger partial charge in [0.1, 0.15) is 0 Å². The second-order valence-corrected chi connectivity index (χ2v) is 11.2. The summed E-state index contributed by atoms with van der Waals surface area (Å²) in [5, 5.41) is 3.40. The highest BCUT2D eigenvalue weighted by Gasteiger charge is 2.48. The van der Waals surface area contributed by atoms with Gasteiger partial charge in [-0.2, -0.15) is 13.2 Å². The van der Waals surface area contributed by atoms with Crippen LogP contribution >= 0.6 is 0 Å². The minimum Gasteiger partial charge on any atom is -0.352 e. The molecule has 34 heavy (non-hydrogen) atoms. The maximum Gasteiger partial charge on any atom is 0.416 e. The summed E-state index contributed by atoms with van der Waals surface area (Å²) in [4.78, 5) is 12.0. The molecule has 0 aromatic heterocycles. The average molecular weight is 499 g/mol. The predicted octanol–water partition coefficient (Wildman–Crippen LogP) is 4.35. The Labute approximate surface area is 195 Å². The van der Waals surface area contributed by atoms with E-state index >= 15 is 4.39 Å². The third kappa shape index (κ3) is 4.98. The van der Waals surface area contributed by atoms with Gasteiger partial charge in [0.25, 0.3) is 0 Å².